The summed E-state index contributed by atoms with van der Waals surface area (Å²) in [6.45, 7) is 2.47. The largest absolute Gasteiger partial charge is 0.398 e. The average Bonchev–Trinajstić information content (AvgIpc) is 2.89. The maximum atomic E-state index is 11.7. The molecule has 0 unspecified atom stereocenters. The van der Waals surface area contributed by atoms with Crippen molar-refractivity contribution in [1.82, 2.24) is 15.5 Å². The van der Waals surface area contributed by atoms with Gasteiger partial charge in [0, 0.05) is 22.7 Å². The third-order valence-electron chi connectivity index (χ3n) is 2.37. The van der Waals surface area contributed by atoms with Gasteiger partial charge in [-0.2, -0.15) is 0 Å². The fourth-order valence-electron chi connectivity index (χ4n) is 1.46. The van der Waals surface area contributed by atoms with E-state index in [9.17, 15) is 4.79 Å². The Balaban J connectivity index is 2.15. The molecule has 1 amide bonds. The Bertz CT molecular complexity index is 614. The molecule has 0 atom stereocenters. The van der Waals surface area contributed by atoms with E-state index in [0.717, 1.165) is 13.6 Å². The van der Waals surface area contributed by atoms with E-state index in [0.29, 0.717) is 17.8 Å². The quantitative estimate of drug-likeness (QED) is 0.649. The zero-order chi connectivity index (χ0) is 14.5. The highest BCUT2D eigenvalue weighted by Gasteiger charge is 2.10. The summed E-state index contributed by atoms with van der Waals surface area (Å²) in [5, 5.41) is 10.9. The first-order chi connectivity index (χ1) is 9.63. The van der Waals surface area contributed by atoms with Crippen LogP contribution in [0.25, 0.3) is 0 Å². The van der Waals surface area contributed by atoms with Crippen molar-refractivity contribution < 1.29 is 4.79 Å². The second kappa shape index (κ2) is 6.96. The van der Waals surface area contributed by atoms with Crippen LogP contribution in [-0.2, 0) is 0 Å². The summed E-state index contributed by atoms with van der Waals surface area (Å²) in [4.78, 5) is 12.6. The molecule has 0 aliphatic carbocycles. The van der Waals surface area contributed by atoms with Crippen LogP contribution in [0.5, 0.6) is 0 Å². The summed E-state index contributed by atoms with van der Waals surface area (Å²) in [5.41, 5.74) is 7.13. The van der Waals surface area contributed by atoms with Crippen LogP contribution in [0.3, 0.4) is 0 Å². The summed E-state index contributed by atoms with van der Waals surface area (Å²) < 4.78 is 1.76. The minimum absolute atomic E-state index is 0.115. The Morgan fingerprint density at radius 2 is 2.15 bits per heavy atom. The SMILES string of the molecule is CCNC(=O)c1ccc(Sc2nnc(SC)s2)c(N)c1. The first-order valence-corrected chi connectivity index (χ1v) is 8.73. The van der Waals surface area contributed by atoms with E-state index >= 15 is 0 Å². The van der Waals surface area contributed by atoms with Crippen LogP contribution in [-0.4, -0.2) is 28.9 Å². The molecule has 106 valence electrons. The molecule has 1 heterocycles. The molecule has 5 nitrogen and oxygen atoms in total. The third kappa shape index (κ3) is 3.65. The summed E-state index contributed by atoms with van der Waals surface area (Å²) in [6.07, 6.45) is 1.96. The van der Waals surface area contributed by atoms with Gasteiger partial charge in [0.15, 0.2) is 8.68 Å². The van der Waals surface area contributed by atoms with Crippen molar-refractivity contribution in [2.75, 3.05) is 18.5 Å². The van der Waals surface area contributed by atoms with Crippen molar-refractivity contribution in [3.8, 4) is 0 Å². The number of carbonyl (C=O) groups excluding carboxylic acids is 1. The minimum atomic E-state index is -0.115. The summed E-state index contributed by atoms with van der Waals surface area (Å²) in [6, 6.07) is 5.29. The fraction of sp³-hybridized carbons (Fsp3) is 0.250. The van der Waals surface area contributed by atoms with Crippen molar-refractivity contribution in [3.63, 3.8) is 0 Å². The van der Waals surface area contributed by atoms with Gasteiger partial charge in [0.1, 0.15) is 0 Å². The zero-order valence-corrected chi connectivity index (χ0v) is 13.5. The number of nitrogen functional groups attached to an aromatic ring is 1. The Morgan fingerprint density at radius 1 is 1.40 bits per heavy atom. The summed E-state index contributed by atoms with van der Waals surface area (Å²) in [5.74, 6) is -0.115. The van der Waals surface area contributed by atoms with E-state index in [2.05, 4.69) is 15.5 Å². The molecule has 0 aliphatic rings. The standard InChI is InChI=1S/C12H14N4OS3/c1-3-14-10(17)7-4-5-9(8(13)6-7)19-12-16-15-11(18-2)20-12/h4-6H,3,13H2,1-2H3,(H,14,17). The van der Waals surface area contributed by atoms with Crippen LogP contribution >= 0.6 is 34.9 Å². The highest BCUT2D eigenvalue weighted by atomic mass is 32.2. The molecule has 0 spiro atoms. The Kier molecular flexibility index (Phi) is 5.27. The van der Waals surface area contributed by atoms with Gasteiger partial charge >= 0.3 is 0 Å². The number of nitrogens with one attached hydrogen (secondary N) is 1. The van der Waals surface area contributed by atoms with Gasteiger partial charge in [-0.1, -0.05) is 34.9 Å². The summed E-state index contributed by atoms with van der Waals surface area (Å²) in [7, 11) is 0. The Labute approximate surface area is 129 Å². The molecule has 1 aromatic carbocycles. The van der Waals surface area contributed by atoms with Gasteiger partial charge in [-0.05, 0) is 31.4 Å². The van der Waals surface area contributed by atoms with E-state index in [-0.39, 0.29) is 5.91 Å². The van der Waals surface area contributed by atoms with Crippen molar-refractivity contribution >= 4 is 46.5 Å². The Hall–Kier alpha value is -1.25. The lowest BCUT2D eigenvalue weighted by Crippen LogP contribution is -2.22. The summed E-state index contributed by atoms with van der Waals surface area (Å²) >= 11 is 4.55. The smallest absolute Gasteiger partial charge is 0.251 e. The van der Waals surface area contributed by atoms with Crippen LogP contribution < -0.4 is 11.1 Å². The molecule has 0 fully saturated rings. The monoisotopic (exact) mass is 326 g/mol. The van der Waals surface area contributed by atoms with Crippen LogP contribution in [0.2, 0.25) is 0 Å². The number of benzene rings is 1. The number of nitrogens with two attached hydrogens (primary N) is 1. The average molecular weight is 326 g/mol. The lowest BCUT2D eigenvalue weighted by molar-refractivity contribution is 0.0956. The molecule has 8 heteroatoms. The maximum absolute atomic E-state index is 11.7. The molecule has 0 saturated carbocycles. The number of aromatic nitrogens is 2. The van der Waals surface area contributed by atoms with Crippen LogP contribution in [0.15, 0.2) is 31.8 Å². The molecule has 0 bridgehead atoms. The van der Waals surface area contributed by atoms with Crippen LogP contribution in [0.4, 0.5) is 5.69 Å². The van der Waals surface area contributed by atoms with Crippen LogP contribution in [0, 0.1) is 0 Å². The maximum Gasteiger partial charge on any atom is 0.251 e. The van der Waals surface area contributed by atoms with E-state index in [4.69, 9.17) is 5.73 Å². The molecular weight excluding hydrogens is 312 g/mol. The number of carbonyl (C=O) groups is 1. The van der Waals surface area contributed by atoms with E-state index < -0.39 is 0 Å². The van der Waals surface area contributed by atoms with E-state index in [1.165, 1.54) is 23.1 Å². The number of thioether (sulfide) groups is 1. The van der Waals surface area contributed by atoms with Gasteiger partial charge in [0.25, 0.3) is 5.91 Å². The molecule has 1 aromatic heterocycles. The molecule has 0 saturated heterocycles. The molecule has 20 heavy (non-hydrogen) atoms. The van der Waals surface area contributed by atoms with Crippen molar-refractivity contribution in [2.45, 2.75) is 20.5 Å². The highest BCUT2D eigenvalue weighted by molar-refractivity contribution is 8.03. The fourth-order valence-corrected chi connectivity index (χ4v) is 3.88. The molecule has 0 aliphatic heterocycles. The normalized spacial score (nSPS) is 10.5. The second-order valence-electron chi connectivity index (χ2n) is 3.75. The topological polar surface area (TPSA) is 80.9 Å². The number of nitrogens with zero attached hydrogens (tertiary/aromatic N) is 2. The number of hydrogen-bond acceptors (Lipinski definition) is 7. The van der Waals surface area contributed by atoms with Gasteiger partial charge in [-0.25, -0.2) is 0 Å². The molecule has 3 N–H and O–H groups in total. The number of hydrogen-bond donors (Lipinski definition) is 2. The predicted molar refractivity (Wildman–Crippen MR) is 84.7 cm³/mol. The lowest BCUT2D eigenvalue weighted by atomic mass is 10.2. The van der Waals surface area contributed by atoms with Gasteiger partial charge in [-0.15, -0.1) is 10.2 Å². The molecule has 2 aromatic rings. The molecule has 2 rings (SSSR count). The number of rotatable bonds is 5. The van der Waals surface area contributed by atoms with E-state index in [1.54, 1.807) is 23.9 Å². The third-order valence-corrected chi connectivity index (χ3v) is 5.41. The van der Waals surface area contributed by atoms with Crippen LogP contribution in [0.1, 0.15) is 17.3 Å². The Morgan fingerprint density at radius 3 is 2.75 bits per heavy atom. The van der Waals surface area contributed by atoms with Gasteiger partial charge < -0.3 is 11.1 Å². The van der Waals surface area contributed by atoms with Gasteiger partial charge in [0.2, 0.25) is 0 Å². The molecule has 0 radical (unpaired) electrons. The second-order valence-corrected chi connectivity index (χ2v) is 7.07. The van der Waals surface area contributed by atoms with Gasteiger partial charge in [-0.3, -0.25) is 4.79 Å². The minimum Gasteiger partial charge on any atom is -0.398 e. The molecular formula is C12H14N4OS3. The number of amides is 1. The zero-order valence-electron chi connectivity index (χ0n) is 11.0. The van der Waals surface area contributed by atoms with E-state index in [1.807, 2.05) is 19.2 Å². The lowest BCUT2D eigenvalue weighted by Gasteiger charge is -2.06. The number of anilines is 1. The van der Waals surface area contributed by atoms with Crippen molar-refractivity contribution in [3.05, 3.63) is 23.8 Å². The van der Waals surface area contributed by atoms with Gasteiger partial charge in [0.05, 0.1) is 0 Å². The van der Waals surface area contributed by atoms with Crippen molar-refractivity contribution in [2.24, 2.45) is 0 Å². The first-order valence-electron chi connectivity index (χ1n) is 5.87. The predicted octanol–water partition coefficient (Wildman–Crippen LogP) is 2.74. The highest BCUT2D eigenvalue weighted by Crippen LogP contribution is 2.35. The first kappa shape index (κ1) is 15.1. The van der Waals surface area contributed by atoms with Crippen molar-refractivity contribution in [1.29, 1.82) is 0 Å².